The normalized spacial score (nSPS) is 14.1. The second-order valence-electron chi connectivity index (χ2n) is 4.04. The van der Waals surface area contributed by atoms with E-state index in [-0.39, 0.29) is 5.91 Å². The summed E-state index contributed by atoms with van der Waals surface area (Å²) < 4.78 is 6.24. The molecule has 0 spiro atoms. The first kappa shape index (κ1) is 14.3. The molecule has 6 heteroatoms. The van der Waals surface area contributed by atoms with E-state index in [2.05, 4.69) is 10.3 Å². The molecule has 0 aromatic heterocycles. The lowest BCUT2D eigenvalue weighted by atomic mass is 10.2. The van der Waals surface area contributed by atoms with Crippen molar-refractivity contribution in [2.75, 3.05) is 30.5 Å². The molecule has 1 aromatic rings. The molecule has 0 radical (unpaired) electrons. The number of hydrogen-bond acceptors (Lipinski definition) is 5. The van der Waals surface area contributed by atoms with E-state index in [0.29, 0.717) is 17.2 Å². The zero-order valence-electron chi connectivity index (χ0n) is 10.9. The van der Waals surface area contributed by atoms with E-state index in [9.17, 15) is 4.79 Å². The topological polar surface area (TPSA) is 50.7 Å². The first-order valence-electron chi connectivity index (χ1n) is 5.93. The molecule has 102 valence electrons. The monoisotopic (exact) mass is 296 g/mol. The number of nitrogens with zero attached hydrogens (tertiary/aromatic N) is 1. The Hall–Kier alpha value is -1.14. The third-order valence-electron chi connectivity index (χ3n) is 2.51. The van der Waals surface area contributed by atoms with Crippen LogP contribution in [0.1, 0.15) is 5.56 Å². The first-order valence-corrected chi connectivity index (χ1v) is 7.90. The largest absolute Gasteiger partial charge is 0.495 e. The number of carbonyl (C=O) groups excluding carboxylic acids is 1. The molecule has 0 unspecified atom stereocenters. The summed E-state index contributed by atoms with van der Waals surface area (Å²) in [5, 5.41) is 2.88. The van der Waals surface area contributed by atoms with Crippen molar-refractivity contribution in [1.29, 1.82) is 0 Å². The molecular weight excluding hydrogens is 280 g/mol. The standard InChI is InChI=1S/C13H16N2O2S2/c1-9-3-4-11(17-2)10(7-9)15-12(16)8-19-13-14-5-6-18-13/h3-4,7H,5-6,8H2,1-2H3,(H,15,16). The SMILES string of the molecule is COc1ccc(C)cc1NC(=O)CSC1=NCCS1. The molecule has 0 saturated heterocycles. The van der Waals surface area contributed by atoms with Gasteiger partial charge in [0.2, 0.25) is 5.91 Å². The van der Waals surface area contributed by atoms with Crippen molar-refractivity contribution in [2.24, 2.45) is 4.99 Å². The maximum absolute atomic E-state index is 11.9. The van der Waals surface area contributed by atoms with Gasteiger partial charge in [-0.2, -0.15) is 0 Å². The number of benzene rings is 1. The molecule has 1 aromatic carbocycles. The molecule has 19 heavy (non-hydrogen) atoms. The van der Waals surface area contributed by atoms with Crippen molar-refractivity contribution in [1.82, 2.24) is 0 Å². The van der Waals surface area contributed by atoms with Gasteiger partial charge in [0.15, 0.2) is 0 Å². The van der Waals surface area contributed by atoms with Crippen LogP contribution in [0.3, 0.4) is 0 Å². The fourth-order valence-corrected chi connectivity index (χ4v) is 3.45. The number of nitrogens with one attached hydrogen (secondary N) is 1. The number of aryl methyl sites for hydroxylation is 1. The average Bonchev–Trinajstić information content (AvgIpc) is 2.90. The van der Waals surface area contributed by atoms with Crippen LogP contribution in [0.4, 0.5) is 5.69 Å². The molecule has 1 amide bonds. The summed E-state index contributed by atoms with van der Waals surface area (Å²) in [6, 6.07) is 5.71. The second kappa shape index (κ2) is 6.86. The van der Waals surface area contributed by atoms with Gasteiger partial charge in [-0.05, 0) is 24.6 Å². The summed E-state index contributed by atoms with van der Waals surface area (Å²) in [6.45, 7) is 2.84. The van der Waals surface area contributed by atoms with E-state index < -0.39 is 0 Å². The predicted octanol–water partition coefficient (Wildman–Crippen LogP) is 2.78. The highest BCUT2D eigenvalue weighted by molar-refractivity contribution is 8.39. The highest BCUT2D eigenvalue weighted by Crippen LogP contribution is 2.26. The van der Waals surface area contributed by atoms with E-state index in [1.54, 1.807) is 18.9 Å². The molecular formula is C13H16N2O2S2. The van der Waals surface area contributed by atoms with Crippen molar-refractivity contribution in [3.63, 3.8) is 0 Å². The van der Waals surface area contributed by atoms with Crippen molar-refractivity contribution in [3.8, 4) is 5.75 Å². The van der Waals surface area contributed by atoms with E-state index in [0.717, 1.165) is 22.2 Å². The van der Waals surface area contributed by atoms with Crippen LogP contribution in [-0.2, 0) is 4.79 Å². The van der Waals surface area contributed by atoms with Gasteiger partial charge < -0.3 is 10.1 Å². The van der Waals surface area contributed by atoms with Gasteiger partial charge in [0.05, 0.1) is 25.1 Å². The summed E-state index contributed by atoms with van der Waals surface area (Å²) in [4.78, 5) is 16.2. The number of rotatable bonds is 4. The lowest BCUT2D eigenvalue weighted by molar-refractivity contribution is -0.113. The van der Waals surface area contributed by atoms with Crippen LogP contribution < -0.4 is 10.1 Å². The number of thioether (sulfide) groups is 2. The number of anilines is 1. The van der Waals surface area contributed by atoms with Gasteiger partial charge in [0.1, 0.15) is 10.1 Å². The zero-order chi connectivity index (χ0) is 13.7. The zero-order valence-corrected chi connectivity index (χ0v) is 12.6. The lowest BCUT2D eigenvalue weighted by Gasteiger charge is -2.10. The molecule has 0 bridgehead atoms. The second-order valence-corrected chi connectivity index (χ2v) is 6.34. The van der Waals surface area contributed by atoms with Crippen molar-refractivity contribution in [3.05, 3.63) is 23.8 Å². The lowest BCUT2D eigenvalue weighted by Crippen LogP contribution is -2.15. The van der Waals surface area contributed by atoms with Gasteiger partial charge in [-0.3, -0.25) is 9.79 Å². The first-order chi connectivity index (χ1) is 9.19. The van der Waals surface area contributed by atoms with Gasteiger partial charge >= 0.3 is 0 Å². The number of aliphatic imine (C=N–C) groups is 1. The summed E-state index contributed by atoms with van der Waals surface area (Å²) in [5.74, 6) is 2.04. The number of methoxy groups -OCH3 is 1. The Labute approximate surface area is 121 Å². The van der Waals surface area contributed by atoms with E-state index in [1.807, 2.05) is 25.1 Å². The molecule has 1 N–H and O–H groups in total. The molecule has 0 saturated carbocycles. The van der Waals surface area contributed by atoms with Crippen LogP contribution in [0, 0.1) is 6.92 Å². The minimum atomic E-state index is -0.0379. The van der Waals surface area contributed by atoms with E-state index in [4.69, 9.17) is 4.74 Å². The highest BCUT2D eigenvalue weighted by Gasteiger charge is 2.12. The Bertz CT molecular complexity index is 503. The van der Waals surface area contributed by atoms with Gasteiger partial charge in [-0.15, -0.1) is 0 Å². The van der Waals surface area contributed by atoms with Crippen LogP contribution in [0.5, 0.6) is 5.75 Å². The van der Waals surface area contributed by atoms with Gasteiger partial charge in [-0.25, -0.2) is 0 Å². The van der Waals surface area contributed by atoms with Crippen LogP contribution >= 0.6 is 23.5 Å². The summed E-state index contributed by atoms with van der Waals surface area (Å²) >= 11 is 3.20. The summed E-state index contributed by atoms with van der Waals surface area (Å²) in [7, 11) is 1.60. The van der Waals surface area contributed by atoms with Gasteiger partial charge in [0.25, 0.3) is 0 Å². The third-order valence-corrected chi connectivity index (χ3v) is 4.77. The number of amides is 1. The molecule has 1 aliphatic heterocycles. The minimum Gasteiger partial charge on any atom is -0.495 e. The fraction of sp³-hybridized carbons (Fsp3) is 0.385. The van der Waals surface area contributed by atoms with E-state index >= 15 is 0 Å². The molecule has 1 aliphatic rings. The van der Waals surface area contributed by atoms with Gasteiger partial charge in [0, 0.05) is 5.75 Å². The molecule has 0 atom stereocenters. The van der Waals surface area contributed by atoms with Gasteiger partial charge in [-0.1, -0.05) is 29.6 Å². The highest BCUT2D eigenvalue weighted by atomic mass is 32.2. The molecule has 4 nitrogen and oxygen atoms in total. The number of hydrogen-bond donors (Lipinski definition) is 1. The Kier molecular flexibility index (Phi) is 5.15. The minimum absolute atomic E-state index is 0.0379. The Morgan fingerprint density at radius 1 is 1.58 bits per heavy atom. The summed E-state index contributed by atoms with van der Waals surface area (Å²) in [5.41, 5.74) is 1.80. The number of carbonyl (C=O) groups is 1. The van der Waals surface area contributed by atoms with Crippen LogP contribution in [0.2, 0.25) is 0 Å². The molecule has 1 heterocycles. The molecule has 0 fully saturated rings. The fourth-order valence-electron chi connectivity index (χ4n) is 1.64. The third kappa shape index (κ3) is 4.18. The maximum Gasteiger partial charge on any atom is 0.234 e. The van der Waals surface area contributed by atoms with Crippen molar-refractivity contribution < 1.29 is 9.53 Å². The van der Waals surface area contributed by atoms with Crippen molar-refractivity contribution in [2.45, 2.75) is 6.92 Å². The molecule has 2 rings (SSSR count). The van der Waals surface area contributed by atoms with Crippen LogP contribution in [-0.4, -0.2) is 35.4 Å². The predicted molar refractivity (Wildman–Crippen MR) is 83.6 cm³/mol. The quantitative estimate of drug-likeness (QED) is 0.928. The van der Waals surface area contributed by atoms with Crippen molar-refractivity contribution >= 4 is 39.5 Å². The Morgan fingerprint density at radius 3 is 3.11 bits per heavy atom. The maximum atomic E-state index is 11.9. The average molecular weight is 296 g/mol. The molecule has 0 aliphatic carbocycles. The Morgan fingerprint density at radius 2 is 2.42 bits per heavy atom. The summed E-state index contributed by atoms with van der Waals surface area (Å²) in [6.07, 6.45) is 0. The smallest absolute Gasteiger partial charge is 0.234 e. The van der Waals surface area contributed by atoms with Crippen LogP contribution in [0.15, 0.2) is 23.2 Å². The van der Waals surface area contributed by atoms with E-state index in [1.165, 1.54) is 11.8 Å². The number of ether oxygens (including phenoxy) is 1. The van der Waals surface area contributed by atoms with Crippen LogP contribution in [0.25, 0.3) is 0 Å². The Balaban J connectivity index is 1.92.